The van der Waals surface area contributed by atoms with Crippen molar-refractivity contribution in [3.05, 3.63) is 82.9 Å². The van der Waals surface area contributed by atoms with Gasteiger partial charge in [0.05, 0.1) is 0 Å². The van der Waals surface area contributed by atoms with E-state index in [2.05, 4.69) is 36.4 Å². The van der Waals surface area contributed by atoms with E-state index in [1.165, 1.54) is 0 Å². The molecule has 0 atom stereocenters. The van der Waals surface area contributed by atoms with Crippen LogP contribution >= 0.6 is 0 Å². The van der Waals surface area contributed by atoms with Crippen molar-refractivity contribution in [2.45, 2.75) is 6.42 Å². The maximum atomic E-state index is 9.03. The van der Waals surface area contributed by atoms with E-state index in [0.717, 1.165) is 33.0 Å². The Labute approximate surface area is 141 Å². The Morgan fingerprint density at radius 1 is 0.917 bits per heavy atom. The molecule has 0 heterocycles. The van der Waals surface area contributed by atoms with Crippen molar-refractivity contribution in [1.29, 1.82) is 5.41 Å². The number of hydrogen-bond acceptors (Lipinski definition) is 2. The van der Waals surface area contributed by atoms with Crippen LogP contribution < -0.4 is 5.73 Å². The minimum absolute atomic E-state index is 0.0867. The summed E-state index contributed by atoms with van der Waals surface area (Å²) in [4.78, 5) is 0. The van der Waals surface area contributed by atoms with Gasteiger partial charge in [0, 0.05) is 12.2 Å². The van der Waals surface area contributed by atoms with Crippen LogP contribution in [0.3, 0.4) is 0 Å². The molecule has 0 unspecified atom stereocenters. The van der Waals surface area contributed by atoms with Gasteiger partial charge in [-0.2, -0.15) is 0 Å². The van der Waals surface area contributed by atoms with Crippen LogP contribution in [0.4, 0.5) is 0 Å². The fraction of sp³-hybridized carbons (Fsp3) is 0.0952. The first-order valence-electron chi connectivity index (χ1n) is 7.92. The largest absolute Gasteiger partial charge is 0.396 e. The number of nitrogen functional groups attached to an aromatic ring is 1. The summed E-state index contributed by atoms with van der Waals surface area (Å²) in [6, 6.07) is 20.2. The fourth-order valence-corrected chi connectivity index (χ4v) is 2.71. The smallest absolute Gasteiger partial charge is 0.122 e. The SMILES string of the molecule is N=C(N)c1ccc2cc(C=Cc3cccc(CCO)c3)ccc2c1. The van der Waals surface area contributed by atoms with Crippen LogP contribution in [0.1, 0.15) is 22.3 Å². The quantitative estimate of drug-likeness (QED) is 0.380. The molecule has 0 aromatic heterocycles. The third kappa shape index (κ3) is 3.70. The highest BCUT2D eigenvalue weighted by Gasteiger charge is 2.00. The Bertz CT molecular complexity index is 913. The van der Waals surface area contributed by atoms with Gasteiger partial charge in [-0.15, -0.1) is 0 Å². The normalized spacial score (nSPS) is 11.2. The van der Waals surface area contributed by atoms with Crippen molar-refractivity contribution >= 4 is 28.8 Å². The summed E-state index contributed by atoms with van der Waals surface area (Å²) in [5.74, 6) is 0.0867. The highest BCUT2D eigenvalue weighted by molar-refractivity contribution is 5.99. The number of hydrogen-bond donors (Lipinski definition) is 3. The second kappa shape index (κ2) is 7.11. The van der Waals surface area contributed by atoms with Crippen molar-refractivity contribution in [2.75, 3.05) is 6.61 Å². The molecule has 0 saturated heterocycles. The minimum Gasteiger partial charge on any atom is -0.396 e. The molecule has 0 aliphatic rings. The molecule has 0 radical (unpaired) electrons. The lowest BCUT2D eigenvalue weighted by molar-refractivity contribution is 0.299. The zero-order valence-corrected chi connectivity index (χ0v) is 13.4. The van der Waals surface area contributed by atoms with E-state index in [0.29, 0.717) is 6.42 Å². The van der Waals surface area contributed by atoms with Crippen LogP contribution in [0.25, 0.3) is 22.9 Å². The predicted octanol–water partition coefficient (Wildman–Crippen LogP) is 3.83. The van der Waals surface area contributed by atoms with Gasteiger partial charge in [0.2, 0.25) is 0 Å². The number of nitrogens with two attached hydrogens (primary N) is 1. The molecule has 0 bridgehead atoms. The summed E-state index contributed by atoms with van der Waals surface area (Å²) in [5.41, 5.74) is 9.65. The first kappa shape index (κ1) is 16.0. The summed E-state index contributed by atoms with van der Waals surface area (Å²) in [6.45, 7) is 0.167. The predicted molar refractivity (Wildman–Crippen MR) is 101 cm³/mol. The topological polar surface area (TPSA) is 70.1 Å². The molecule has 0 amide bonds. The monoisotopic (exact) mass is 316 g/mol. The maximum Gasteiger partial charge on any atom is 0.122 e. The molecular formula is C21H20N2O. The first-order chi connectivity index (χ1) is 11.7. The molecule has 0 fully saturated rings. The molecule has 3 aromatic rings. The number of benzene rings is 3. The molecule has 0 aliphatic carbocycles. The van der Waals surface area contributed by atoms with Gasteiger partial charge in [0.25, 0.3) is 0 Å². The van der Waals surface area contributed by atoms with Crippen LogP contribution in [-0.4, -0.2) is 17.5 Å². The maximum absolute atomic E-state index is 9.03. The number of aliphatic hydroxyl groups is 1. The average Bonchev–Trinajstić information content (AvgIpc) is 2.60. The van der Waals surface area contributed by atoms with Crippen LogP contribution in [-0.2, 0) is 6.42 Å². The Morgan fingerprint density at radius 2 is 1.62 bits per heavy atom. The zero-order valence-electron chi connectivity index (χ0n) is 13.4. The van der Waals surface area contributed by atoms with E-state index in [1.807, 2.05) is 36.4 Å². The van der Waals surface area contributed by atoms with Gasteiger partial charge in [0.1, 0.15) is 5.84 Å². The van der Waals surface area contributed by atoms with Gasteiger partial charge in [-0.1, -0.05) is 60.7 Å². The van der Waals surface area contributed by atoms with E-state index >= 15 is 0 Å². The number of aliphatic hydroxyl groups excluding tert-OH is 1. The van der Waals surface area contributed by atoms with Crippen LogP contribution in [0.15, 0.2) is 60.7 Å². The van der Waals surface area contributed by atoms with Crippen molar-refractivity contribution in [1.82, 2.24) is 0 Å². The number of nitrogens with one attached hydrogen (secondary N) is 1. The first-order valence-corrected chi connectivity index (χ1v) is 7.92. The van der Waals surface area contributed by atoms with Crippen molar-refractivity contribution in [2.24, 2.45) is 5.73 Å². The lowest BCUT2D eigenvalue weighted by atomic mass is 10.0. The molecule has 0 aliphatic heterocycles. The van der Waals surface area contributed by atoms with E-state index in [4.69, 9.17) is 16.2 Å². The lowest BCUT2D eigenvalue weighted by Crippen LogP contribution is -2.10. The molecule has 3 heteroatoms. The average molecular weight is 316 g/mol. The Kier molecular flexibility index (Phi) is 4.73. The highest BCUT2D eigenvalue weighted by Crippen LogP contribution is 2.19. The lowest BCUT2D eigenvalue weighted by Gasteiger charge is -2.04. The zero-order chi connectivity index (χ0) is 16.9. The Hall–Kier alpha value is -2.91. The summed E-state index contributed by atoms with van der Waals surface area (Å²) < 4.78 is 0. The molecule has 0 spiro atoms. The van der Waals surface area contributed by atoms with Crippen molar-refractivity contribution in [3.8, 4) is 0 Å². The number of rotatable bonds is 5. The van der Waals surface area contributed by atoms with E-state index in [9.17, 15) is 0 Å². The summed E-state index contributed by atoms with van der Waals surface area (Å²) in [7, 11) is 0. The van der Waals surface area contributed by atoms with E-state index in [-0.39, 0.29) is 12.4 Å². The minimum atomic E-state index is 0.0867. The molecular weight excluding hydrogens is 296 g/mol. The summed E-state index contributed by atoms with van der Waals surface area (Å²) >= 11 is 0. The fourth-order valence-electron chi connectivity index (χ4n) is 2.71. The van der Waals surface area contributed by atoms with Crippen molar-refractivity contribution < 1.29 is 5.11 Å². The van der Waals surface area contributed by atoms with Gasteiger partial charge in [-0.3, -0.25) is 5.41 Å². The number of amidine groups is 1. The molecule has 4 N–H and O–H groups in total. The third-order valence-corrected chi connectivity index (χ3v) is 4.00. The highest BCUT2D eigenvalue weighted by atomic mass is 16.2. The standard InChI is InChI=1S/C21H20N2O/c22-21(23)20-9-8-18-13-17(6-7-19(18)14-20)5-4-15-2-1-3-16(12-15)10-11-24/h1-9,12-14,24H,10-11H2,(H3,22,23). The molecule has 0 saturated carbocycles. The molecule has 120 valence electrons. The van der Waals surface area contributed by atoms with Crippen LogP contribution in [0.5, 0.6) is 0 Å². The van der Waals surface area contributed by atoms with Gasteiger partial charge in [-0.05, 0) is 46.0 Å². The second-order valence-corrected chi connectivity index (χ2v) is 5.79. The Morgan fingerprint density at radius 3 is 2.38 bits per heavy atom. The summed E-state index contributed by atoms with van der Waals surface area (Å²) in [6.07, 6.45) is 4.83. The van der Waals surface area contributed by atoms with Gasteiger partial charge < -0.3 is 10.8 Å². The summed E-state index contributed by atoms with van der Waals surface area (Å²) in [5, 5.41) is 18.7. The van der Waals surface area contributed by atoms with Crippen LogP contribution in [0, 0.1) is 5.41 Å². The second-order valence-electron chi connectivity index (χ2n) is 5.79. The molecule has 3 nitrogen and oxygen atoms in total. The van der Waals surface area contributed by atoms with Gasteiger partial charge >= 0.3 is 0 Å². The molecule has 3 rings (SSSR count). The molecule has 24 heavy (non-hydrogen) atoms. The number of fused-ring (bicyclic) bond motifs is 1. The van der Waals surface area contributed by atoms with Crippen LogP contribution in [0.2, 0.25) is 0 Å². The van der Waals surface area contributed by atoms with E-state index in [1.54, 1.807) is 0 Å². The van der Waals surface area contributed by atoms with E-state index < -0.39 is 0 Å². The van der Waals surface area contributed by atoms with Crippen molar-refractivity contribution in [3.63, 3.8) is 0 Å². The Balaban J connectivity index is 1.86. The van der Waals surface area contributed by atoms with Gasteiger partial charge in [0.15, 0.2) is 0 Å². The molecule has 3 aromatic carbocycles. The van der Waals surface area contributed by atoms with Gasteiger partial charge in [-0.25, -0.2) is 0 Å². The third-order valence-electron chi connectivity index (χ3n) is 4.00.